The monoisotopic (exact) mass is 436 g/mol. The maximum Gasteiger partial charge on any atom is 0.336 e. The Bertz CT molecular complexity index is 931. The number of nitrogens with one attached hydrogen (secondary N) is 1. The molecule has 3 rings (SSSR count). The number of halogens is 2. The molecular formula is C18H14BrClN2O4. The third-order valence-corrected chi connectivity index (χ3v) is 5.09. The Hall–Kier alpha value is -2.38. The van der Waals surface area contributed by atoms with Gasteiger partial charge in [-0.15, -0.1) is 0 Å². The fourth-order valence-electron chi connectivity index (χ4n) is 2.75. The quantitative estimate of drug-likeness (QED) is 0.765. The van der Waals surface area contributed by atoms with E-state index in [9.17, 15) is 14.4 Å². The van der Waals surface area contributed by atoms with Crippen LogP contribution in [-0.4, -0.2) is 33.8 Å². The van der Waals surface area contributed by atoms with Crippen LogP contribution in [0.4, 0.5) is 5.69 Å². The molecule has 0 unspecified atom stereocenters. The maximum atomic E-state index is 13.0. The standard InChI is InChI=1S/C18H14BrClN2O4/c1-9-16(23)21-15-7-11(20)3-5-13(15)17(24)22(9)8-10-2-4-12(18(25)26)14(19)6-10/h2-7,9H,8H2,1H3,(H,21,23)(H,25,26)/t9-/m1/s1. The summed E-state index contributed by atoms with van der Waals surface area (Å²) in [5.74, 6) is -1.67. The van der Waals surface area contributed by atoms with Crippen LogP contribution in [0.5, 0.6) is 0 Å². The van der Waals surface area contributed by atoms with E-state index in [1.165, 1.54) is 11.0 Å². The first kappa shape index (κ1) is 18.4. The lowest BCUT2D eigenvalue weighted by molar-refractivity contribution is -0.120. The van der Waals surface area contributed by atoms with Gasteiger partial charge < -0.3 is 15.3 Å². The van der Waals surface area contributed by atoms with Crippen molar-refractivity contribution in [3.8, 4) is 0 Å². The number of anilines is 1. The van der Waals surface area contributed by atoms with Crippen LogP contribution in [0.3, 0.4) is 0 Å². The summed E-state index contributed by atoms with van der Waals surface area (Å²) in [5, 5.41) is 12.3. The van der Waals surface area contributed by atoms with Gasteiger partial charge in [-0.1, -0.05) is 17.7 Å². The van der Waals surface area contributed by atoms with Crippen molar-refractivity contribution in [2.45, 2.75) is 19.5 Å². The van der Waals surface area contributed by atoms with Crippen molar-refractivity contribution in [2.75, 3.05) is 5.32 Å². The SMILES string of the molecule is C[C@@H]1C(=O)Nc2cc(Cl)ccc2C(=O)N1Cc1ccc(C(=O)O)c(Br)c1. The van der Waals surface area contributed by atoms with Gasteiger partial charge in [-0.25, -0.2) is 4.79 Å². The van der Waals surface area contributed by atoms with Crippen LogP contribution in [0.1, 0.15) is 33.2 Å². The molecule has 1 atom stereocenters. The summed E-state index contributed by atoms with van der Waals surface area (Å²) < 4.78 is 0.411. The Morgan fingerprint density at radius 1 is 1.27 bits per heavy atom. The van der Waals surface area contributed by atoms with Gasteiger partial charge in [0, 0.05) is 16.0 Å². The minimum absolute atomic E-state index is 0.127. The lowest BCUT2D eigenvalue weighted by Crippen LogP contribution is -2.42. The first-order valence-electron chi connectivity index (χ1n) is 7.71. The number of aromatic carboxylic acids is 1. The molecule has 2 amide bonds. The third kappa shape index (κ3) is 3.45. The van der Waals surface area contributed by atoms with Crippen molar-refractivity contribution in [1.29, 1.82) is 0 Å². The van der Waals surface area contributed by atoms with Crippen molar-refractivity contribution in [3.05, 3.63) is 62.6 Å². The summed E-state index contributed by atoms with van der Waals surface area (Å²) in [7, 11) is 0. The van der Waals surface area contributed by atoms with Gasteiger partial charge >= 0.3 is 5.97 Å². The summed E-state index contributed by atoms with van der Waals surface area (Å²) in [4.78, 5) is 37.9. The van der Waals surface area contributed by atoms with Gasteiger partial charge in [-0.3, -0.25) is 9.59 Å². The number of nitrogens with zero attached hydrogens (tertiary/aromatic N) is 1. The molecule has 26 heavy (non-hydrogen) atoms. The second-order valence-electron chi connectivity index (χ2n) is 5.91. The highest BCUT2D eigenvalue weighted by Gasteiger charge is 2.32. The predicted octanol–water partition coefficient (Wildman–Crippen LogP) is 3.78. The molecular weight excluding hydrogens is 424 g/mol. The average molecular weight is 438 g/mol. The van der Waals surface area contributed by atoms with Crippen molar-refractivity contribution < 1.29 is 19.5 Å². The number of hydrogen-bond acceptors (Lipinski definition) is 3. The normalized spacial score (nSPS) is 16.7. The van der Waals surface area contributed by atoms with Crippen LogP contribution in [0, 0.1) is 0 Å². The summed E-state index contributed by atoms with van der Waals surface area (Å²) in [6, 6.07) is 8.73. The number of carbonyl (C=O) groups excluding carboxylic acids is 2. The molecule has 1 aliphatic rings. The summed E-state index contributed by atoms with van der Waals surface area (Å²) in [5.41, 5.74) is 1.56. The van der Waals surface area contributed by atoms with Crippen molar-refractivity contribution in [3.63, 3.8) is 0 Å². The van der Waals surface area contributed by atoms with E-state index < -0.39 is 12.0 Å². The van der Waals surface area contributed by atoms with Gasteiger partial charge in [0.05, 0.1) is 16.8 Å². The molecule has 134 valence electrons. The lowest BCUT2D eigenvalue weighted by Gasteiger charge is -2.26. The topological polar surface area (TPSA) is 86.7 Å². The molecule has 0 aliphatic carbocycles. The van der Waals surface area contributed by atoms with E-state index in [0.717, 1.165) is 0 Å². The molecule has 2 aromatic carbocycles. The molecule has 6 nitrogen and oxygen atoms in total. The van der Waals surface area contributed by atoms with E-state index in [4.69, 9.17) is 16.7 Å². The number of amides is 2. The number of hydrogen-bond donors (Lipinski definition) is 2. The molecule has 0 spiro atoms. The largest absolute Gasteiger partial charge is 0.478 e. The molecule has 2 N–H and O–H groups in total. The highest BCUT2D eigenvalue weighted by Crippen LogP contribution is 2.28. The van der Waals surface area contributed by atoms with Crippen LogP contribution in [0.15, 0.2) is 40.9 Å². The molecule has 0 bridgehead atoms. The lowest BCUT2D eigenvalue weighted by atomic mass is 10.1. The highest BCUT2D eigenvalue weighted by molar-refractivity contribution is 9.10. The molecule has 0 radical (unpaired) electrons. The minimum atomic E-state index is -1.05. The molecule has 0 saturated heterocycles. The number of carbonyl (C=O) groups is 3. The first-order chi connectivity index (χ1) is 12.3. The summed E-state index contributed by atoms with van der Waals surface area (Å²) in [6.07, 6.45) is 0. The molecule has 0 saturated carbocycles. The zero-order valence-corrected chi connectivity index (χ0v) is 16.0. The number of benzene rings is 2. The van der Waals surface area contributed by atoms with Crippen molar-refractivity contribution in [2.24, 2.45) is 0 Å². The highest BCUT2D eigenvalue weighted by atomic mass is 79.9. The number of fused-ring (bicyclic) bond motifs is 1. The van der Waals surface area contributed by atoms with E-state index in [2.05, 4.69) is 21.2 Å². The second-order valence-corrected chi connectivity index (χ2v) is 7.20. The molecule has 0 fully saturated rings. The van der Waals surface area contributed by atoms with E-state index in [1.54, 1.807) is 37.3 Å². The first-order valence-corrected chi connectivity index (χ1v) is 8.88. The molecule has 0 aromatic heterocycles. The Balaban J connectivity index is 1.97. The van der Waals surface area contributed by atoms with Gasteiger partial charge in [-0.2, -0.15) is 0 Å². The molecule has 8 heteroatoms. The van der Waals surface area contributed by atoms with E-state index in [0.29, 0.717) is 26.3 Å². The minimum Gasteiger partial charge on any atom is -0.478 e. The second kappa shape index (κ2) is 7.09. The number of rotatable bonds is 3. The van der Waals surface area contributed by atoms with E-state index in [-0.39, 0.29) is 23.9 Å². The van der Waals surface area contributed by atoms with Crippen LogP contribution in [0.25, 0.3) is 0 Å². The Morgan fingerprint density at radius 2 is 2.00 bits per heavy atom. The fraction of sp³-hybridized carbons (Fsp3) is 0.167. The van der Waals surface area contributed by atoms with Crippen molar-refractivity contribution in [1.82, 2.24) is 4.90 Å². The van der Waals surface area contributed by atoms with Gasteiger partial charge in [0.25, 0.3) is 5.91 Å². The Labute approximate surface area is 162 Å². The molecule has 2 aromatic rings. The van der Waals surface area contributed by atoms with Crippen LogP contribution in [-0.2, 0) is 11.3 Å². The van der Waals surface area contributed by atoms with Crippen LogP contribution in [0.2, 0.25) is 5.02 Å². The summed E-state index contributed by atoms with van der Waals surface area (Å²) >= 11 is 9.18. The molecule has 1 heterocycles. The zero-order chi connectivity index (χ0) is 19.0. The maximum absolute atomic E-state index is 13.0. The van der Waals surface area contributed by atoms with Gasteiger partial charge in [0.15, 0.2) is 0 Å². The van der Waals surface area contributed by atoms with Crippen LogP contribution < -0.4 is 5.32 Å². The van der Waals surface area contributed by atoms with E-state index in [1.807, 2.05) is 0 Å². The summed E-state index contributed by atoms with van der Waals surface area (Å²) in [6.45, 7) is 1.80. The van der Waals surface area contributed by atoms with E-state index >= 15 is 0 Å². The Kier molecular flexibility index (Phi) is 5.02. The third-order valence-electron chi connectivity index (χ3n) is 4.19. The Morgan fingerprint density at radius 3 is 2.65 bits per heavy atom. The number of carboxylic acid groups (broad SMARTS) is 1. The van der Waals surface area contributed by atoms with Crippen molar-refractivity contribution >= 4 is 51.0 Å². The fourth-order valence-corrected chi connectivity index (χ4v) is 3.52. The predicted molar refractivity (Wildman–Crippen MR) is 101 cm³/mol. The average Bonchev–Trinajstić information content (AvgIpc) is 2.65. The van der Waals surface area contributed by atoms with Crippen LogP contribution >= 0.6 is 27.5 Å². The molecule has 1 aliphatic heterocycles. The number of carboxylic acids is 1. The zero-order valence-electron chi connectivity index (χ0n) is 13.6. The van der Waals surface area contributed by atoms with Gasteiger partial charge in [-0.05, 0) is 58.7 Å². The van der Waals surface area contributed by atoms with Gasteiger partial charge in [0.2, 0.25) is 5.91 Å². The smallest absolute Gasteiger partial charge is 0.336 e. The van der Waals surface area contributed by atoms with Gasteiger partial charge in [0.1, 0.15) is 6.04 Å².